The highest BCUT2D eigenvalue weighted by molar-refractivity contribution is 7.93. The fraction of sp³-hybridized carbons (Fsp3) is 0.500. The Bertz CT molecular complexity index is 758. The molecule has 0 radical (unpaired) electrons. The van der Waals surface area contributed by atoms with E-state index in [9.17, 15) is 18.0 Å². The molecule has 1 saturated heterocycles. The summed E-state index contributed by atoms with van der Waals surface area (Å²) in [5.41, 5.74) is 1.54. The molecule has 1 amide bonds. The first-order valence-electron chi connectivity index (χ1n) is 7.77. The van der Waals surface area contributed by atoms with Gasteiger partial charge in [0.2, 0.25) is 10.0 Å². The van der Waals surface area contributed by atoms with E-state index < -0.39 is 16.0 Å². The fourth-order valence-electron chi connectivity index (χ4n) is 2.76. The average Bonchev–Trinajstić information content (AvgIpc) is 2.83. The molecule has 0 aliphatic carbocycles. The van der Waals surface area contributed by atoms with Crippen LogP contribution in [0.15, 0.2) is 18.2 Å². The highest BCUT2D eigenvalue weighted by Gasteiger charge is 2.29. The summed E-state index contributed by atoms with van der Waals surface area (Å²) in [7, 11) is -3.28. The van der Waals surface area contributed by atoms with E-state index in [1.165, 1.54) is 9.21 Å². The minimum absolute atomic E-state index is 0.131. The Morgan fingerprint density at radius 1 is 1.33 bits per heavy atom. The van der Waals surface area contributed by atoms with Crippen molar-refractivity contribution in [3.8, 4) is 0 Å². The zero-order valence-electron chi connectivity index (χ0n) is 14.0. The van der Waals surface area contributed by atoms with Crippen molar-refractivity contribution in [1.29, 1.82) is 0 Å². The van der Waals surface area contributed by atoms with E-state index in [2.05, 4.69) is 0 Å². The maximum absolute atomic E-state index is 12.6. The molecule has 1 N–H and O–H groups in total. The molecule has 1 aliphatic heterocycles. The third kappa shape index (κ3) is 3.69. The van der Waals surface area contributed by atoms with Crippen molar-refractivity contribution >= 4 is 27.6 Å². The number of aryl methyl sites for hydroxylation is 1. The number of anilines is 1. The summed E-state index contributed by atoms with van der Waals surface area (Å²) in [6.45, 7) is 5.28. The van der Waals surface area contributed by atoms with Gasteiger partial charge in [-0.25, -0.2) is 8.42 Å². The van der Waals surface area contributed by atoms with Crippen molar-refractivity contribution < 1.29 is 23.1 Å². The molecule has 1 heterocycles. The smallest absolute Gasteiger partial charge is 0.323 e. The summed E-state index contributed by atoms with van der Waals surface area (Å²) >= 11 is 0. The Morgan fingerprint density at radius 3 is 2.46 bits per heavy atom. The molecule has 24 heavy (non-hydrogen) atoms. The Kier molecular flexibility index (Phi) is 5.17. The van der Waals surface area contributed by atoms with Crippen molar-refractivity contribution in [3.05, 3.63) is 29.3 Å². The lowest BCUT2D eigenvalue weighted by Crippen LogP contribution is -2.41. The van der Waals surface area contributed by atoms with Crippen molar-refractivity contribution in [2.24, 2.45) is 0 Å². The number of carboxylic acids is 1. The van der Waals surface area contributed by atoms with Gasteiger partial charge in [0, 0.05) is 18.2 Å². The standard InChI is InChI=1S/C16H22N2O5S/c1-11(2)17(10-15(19)20)16(21)14-6-5-13(9-12(14)3)18-7-4-8-24(18,22)23/h5-6,9,11H,4,7-8,10H2,1-3H3,(H,19,20). The van der Waals surface area contributed by atoms with Crippen molar-refractivity contribution in [1.82, 2.24) is 4.90 Å². The molecular formula is C16H22N2O5S. The van der Waals surface area contributed by atoms with E-state index in [1.54, 1.807) is 39.0 Å². The number of nitrogens with zero attached hydrogens (tertiary/aromatic N) is 2. The SMILES string of the molecule is Cc1cc(N2CCCS2(=O)=O)ccc1C(=O)N(CC(=O)O)C(C)C. The third-order valence-electron chi connectivity index (χ3n) is 4.02. The number of carbonyl (C=O) groups excluding carboxylic acids is 1. The summed E-state index contributed by atoms with van der Waals surface area (Å²) in [6, 6.07) is 4.57. The zero-order valence-corrected chi connectivity index (χ0v) is 14.8. The number of aliphatic carboxylic acids is 1. The number of sulfonamides is 1. The van der Waals surface area contributed by atoms with Gasteiger partial charge >= 0.3 is 5.97 Å². The second-order valence-corrected chi connectivity index (χ2v) is 8.17. The normalized spacial score (nSPS) is 16.4. The van der Waals surface area contributed by atoms with Gasteiger partial charge in [0.15, 0.2) is 0 Å². The van der Waals surface area contributed by atoms with E-state index in [0.29, 0.717) is 29.8 Å². The van der Waals surface area contributed by atoms with Gasteiger partial charge in [-0.3, -0.25) is 13.9 Å². The minimum Gasteiger partial charge on any atom is -0.480 e. The van der Waals surface area contributed by atoms with Crippen molar-refractivity contribution in [3.63, 3.8) is 0 Å². The van der Waals surface area contributed by atoms with Gasteiger partial charge < -0.3 is 10.0 Å². The Labute approximate surface area is 141 Å². The second kappa shape index (κ2) is 6.80. The number of carbonyl (C=O) groups is 2. The summed E-state index contributed by atoms with van der Waals surface area (Å²) in [6.07, 6.45) is 0.585. The van der Waals surface area contributed by atoms with Crippen LogP contribution in [0.3, 0.4) is 0 Å². The monoisotopic (exact) mass is 354 g/mol. The summed E-state index contributed by atoms with van der Waals surface area (Å²) in [5.74, 6) is -1.32. The Morgan fingerprint density at radius 2 is 2.00 bits per heavy atom. The van der Waals surface area contributed by atoms with Crippen molar-refractivity contribution in [2.45, 2.75) is 33.2 Å². The van der Waals surface area contributed by atoms with E-state index in [-0.39, 0.29) is 24.2 Å². The van der Waals surface area contributed by atoms with Crippen LogP contribution >= 0.6 is 0 Å². The van der Waals surface area contributed by atoms with Crippen LogP contribution in [0, 0.1) is 6.92 Å². The highest BCUT2D eigenvalue weighted by Crippen LogP contribution is 2.26. The first kappa shape index (κ1) is 18.3. The lowest BCUT2D eigenvalue weighted by Gasteiger charge is -2.26. The van der Waals surface area contributed by atoms with Gasteiger partial charge in [0.25, 0.3) is 5.91 Å². The number of hydrogen-bond acceptors (Lipinski definition) is 4. The van der Waals surface area contributed by atoms with Crippen LogP contribution in [0.4, 0.5) is 5.69 Å². The van der Waals surface area contributed by atoms with Gasteiger partial charge in [-0.05, 0) is 51.0 Å². The predicted molar refractivity (Wildman–Crippen MR) is 90.7 cm³/mol. The van der Waals surface area contributed by atoms with Gasteiger partial charge in [-0.15, -0.1) is 0 Å². The predicted octanol–water partition coefficient (Wildman–Crippen LogP) is 1.47. The molecule has 0 bridgehead atoms. The maximum Gasteiger partial charge on any atom is 0.323 e. The molecule has 1 aromatic rings. The minimum atomic E-state index is -3.28. The van der Waals surface area contributed by atoms with Gasteiger partial charge in [0.05, 0.1) is 11.4 Å². The lowest BCUT2D eigenvalue weighted by atomic mass is 10.1. The van der Waals surface area contributed by atoms with Gasteiger partial charge in [0.1, 0.15) is 6.54 Å². The number of rotatable bonds is 5. The van der Waals surface area contributed by atoms with E-state index in [0.717, 1.165) is 0 Å². The van der Waals surface area contributed by atoms with Gasteiger partial charge in [-0.2, -0.15) is 0 Å². The van der Waals surface area contributed by atoms with Crippen LogP contribution in [0.25, 0.3) is 0 Å². The summed E-state index contributed by atoms with van der Waals surface area (Å²) < 4.78 is 25.3. The first-order valence-corrected chi connectivity index (χ1v) is 9.38. The molecule has 0 spiro atoms. The van der Waals surface area contributed by atoms with Crippen LogP contribution < -0.4 is 4.31 Å². The average molecular weight is 354 g/mol. The molecule has 8 heteroatoms. The molecular weight excluding hydrogens is 332 g/mol. The number of amides is 1. The second-order valence-electron chi connectivity index (χ2n) is 6.16. The van der Waals surface area contributed by atoms with Crippen LogP contribution in [0.2, 0.25) is 0 Å². The first-order chi connectivity index (χ1) is 11.1. The van der Waals surface area contributed by atoms with Crippen molar-refractivity contribution in [2.75, 3.05) is 23.1 Å². The topological polar surface area (TPSA) is 95.0 Å². The van der Waals surface area contributed by atoms with Crippen LogP contribution in [0.1, 0.15) is 36.2 Å². The summed E-state index contributed by atoms with van der Waals surface area (Å²) in [5, 5.41) is 8.98. The highest BCUT2D eigenvalue weighted by atomic mass is 32.2. The molecule has 2 rings (SSSR count). The molecule has 7 nitrogen and oxygen atoms in total. The number of benzene rings is 1. The molecule has 132 valence electrons. The quantitative estimate of drug-likeness (QED) is 0.864. The molecule has 1 aromatic carbocycles. The lowest BCUT2D eigenvalue weighted by molar-refractivity contribution is -0.138. The zero-order chi connectivity index (χ0) is 18.1. The van der Waals surface area contributed by atoms with E-state index >= 15 is 0 Å². The fourth-order valence-corrected chi connectivity index (χ4v) is 4.32. The van der Waals surface area contributed by atoms with E-state index in [4.69, 9.17) is 5.11 Å². The third-order valence-corrected chi connectivity index (χ3v) is 5.89. The molecule has 1 aliphatic rings. The number of carboxylic acid groups (broad SMARTS) is 1. The largest absolute Gasteiger partial charge is 0.480 e. The summed E-state index contributed by atoms with van der Waals surface area (Å²) in [4.78, 5) is 24.9. The van der Waals surface area contributed by atoms with Crippen LogP contribution in [-0.2, 0) is 14.8 Å². The molecule has 1 fully saturated rings. The Hall–Kier alpha value is -2.09. The molecule has 0 atom stereocenters. The molecule has 0 saturated carbocycles. The van der Waals surface area contributed by atoms with E-state index in [1.807, 2.05) is 0 Å². The van der Waals surface area contributed by atoms with Crippen LogP contribution in [-0.4, -0.2) is 55.2 Å². The number of hydrogen-bond donors (Lipinski definition) is 1. The molecule has 0 aromatic heterocycles. The maximum atomic E-state index is 12.6. The Balaban J connectivity index is 2.32. The van der Waals surface area contributed by atoms with Gasteiger partial charge in [-0.1, -0.05) is 0 Å². The van der Waals surface area contributed by atoms with Crippen LogP contribution in [0.5, 0.6) is 0 Å². The molecule has 0 unspecified atom stereocenters.